The maximum atomic E-state index is 12.9. The summed E-state index contributed by atoms with van der Waals surface area (Å²) in [6.45, 7) is 1.76. The Kier molecular flexibility index (Phi) is 2.67. The number of carbonyl (C=O) groups is 2. The van der Waals surface area contributed by atoms with Crippen molar-refractivity contribution in [2.45, 2.75) is 19.5 Å². The van der Waals surface area contributed by atoms with Gasteiger partial charge in [0.05, 0.1) is 22.6 Å². The zero-order valence-corrected chi connectivity index (χ0v) is 12.3. The molecule has 120 valence electrons. The molecule has 1 saturated heterocycles. The number of hydrogen-bond acceptors (Lipinski definition) is 2. The molecule has 2 fully saturated rings. The maximum absolute atomic E-state index is 12.9. The van der Waals surface area contributed by atoms with Gasteiger partial charge >= 0.3 is 6.18 Å². The highest BCUT2D eigenvalue weighted by molar-refractivity contribution is 6.24. The van der Waals surface area contributed by atoms with E-state index in [9.17, 15) is 22.8 Å². The largest absolute Gasteiger partial charge is 0.416 e. The zero-order chi connectivity index (χ0) is 16.6. The summed E-state index contributed by atoms with van der Waals surface area (Å²) < 4.78 is 38.7. The lowest BCUT2D eigenvalue weighted by Crippen LogP contribution is -2.37. The highest BCUT2D eigenvalue weighted by Crippen LogP contribution is 2.60. The third kappa shape index (κ3) is 1.72. The van der Waals surface area contributed by atoms with Crippen LogP contribution in [0, 0.1) is 23.2 Å². The van der Waals surface area contributed by atoms with Crippen LogP contribution in [-0.4, -0.2) is 11.8 Å². The van der Waals surface area contributed by atoms with Crippen LogP contribution < -0.4 is 4.90 Å². The molecule has 0 N–H and O–H groups in total. The Morgan fingerprint density at radius 3 is 2.61 bits per heavy atom. The van der Waals surface area contributed by atoms with Crippen LogP contribution in [0.15, 0.2) is 36.4 Å². The van der Waals surface area contributed by atoms with Crippen LogP contribution >= 0.6 is 0 Å². The molecule has 4 atom stereocenters. The standard InChI is InChI=1S/C17H14F3NO2/c1-16-10-6-5-9(7-10)13(16)14(22)21(15(16)23)12-4-2-3-11(8-12)17(18,19)20/h2-6,8-10,13H,7H2,1H3/t9-,10-,13+,16+/m1/s1. The van der Waals surface area contributed by atoms with Crippen molar-refractivity contribution >= 4 is 17.5 Å². The van der Waals surface area contributed by atoms with Gasteiger partial charge in [0.2, 0.25) is 11.8 Å². The molecule has 6 heteroatoms. The average Bonchev–Trinajstić information content (AvgIpc) is 3.11. The highest BCUT2D eigenvalue weighted by atomic mass is 19.4. The molecule has 1 aromatic carbocycles. The monoisotopic (exact) mass is 321 g/mol. The summed E-state index contributed by atoms with van der Waals surface area (Å²) in [6, 6.07) is 4.41. The average molecular weight is 321 g/mol. The smallest absolute Gasteiger partial charge is 0.274 e. The van der Waals surface area contributed by atoms with Crippen LogP contribution in [0.25, 0.3) is 0 Å². The molecular weight excluding hydrogens is 307 g/mol. The van der Waals surface area contributed by atoms with Gasteiger partial charge in [-0.1, -0.05) is 18.2 Å². The summed E-state index contributed by atoms with van der Waals surface area (Å²) in [5, 5.41) is 0. The molecule has 1 aliphatic heterocycles. The molecule has 1 saturated carbocycles. The van der Waals surface area contributed by atoms with Gasteiger partial charge in [-0.05, 0) is 43.4 Å². The van der Waals surface area contributed by atoms with Gasteiger partial charge in [0, 0.05) is 0 Å². The molecule has 0 unspecified atom stereocenters. The van der Waals surface area contributed by atoms with Gasteiger partial charge in [-0.25, -0.2) is 4.90 Å². The summed E-state index contributed by atoms with van der Waals surface area (Å²) in [7, 11) is 0. The number of carbonyl (C=O) groups excluding carboxylic acids is 2. The first-order chi connectivity index (χ1) is 10.7. The van der Waals surface area contributed by atoms with E-state index in [2.05, 4.69) is 0 Å². The minimum atomic E-state index is -4.51. The van der Waals surface area contributed by atoms with E-state index in [-0.39, 0.29) is 29.3 Å². The Morgan fingerprint density at radius 1 is 1.22 bits per heavy atom. The molecule has 2 amide bonds. The first-order valence-corrected chi connectivity index (χ1v) is 7.48. The molecule has 2 bridgehead atoms. The lowest BCUT2D eigenvalue weighted by molar-refractivity contribution is -0.137. The lowest BCUT2D eigenvalue weighted by Gasteiger charge is -2.28. The minimum Gasteiger partial charge on any atom is -0.274 e. The third-order valence-electron chi connectivity index (χ3n) is 5.54. The van der Waals surface area contributed by atoms with Crippen LogP contribution in [0.2, 0.25) is 0 Å². The summed E-state index contributed by atoms with van der Waals surface area (Å²) in [6.07, 6.45) is 0.178. The summed E-state index contributed by atoms with van der Waals surface area (Å²) >= 11 is 0. The molecule has 4 rings (SSSR count). The molecule has 0 spiro atoms. The van der Waals surface area contributed by atoms with E-state index in [1.807, 2.05) is 12.2 Å². The van der Waals surface area contributed by atoms with Crippen molar-refractivity contribution in [2.75, 3.05) is 4.90 Å². The molecule has 23 heavy (non-hydrogen) atoms. The van der Waals surface area contributed by atoms with Crippen molar-refractivity contribution in [1.82, 2.24) is 0 Å². The first kappa shape index (κ1) is 14.5. The van der Waals surface area contributed by atoms with Gasteiger partial charge in [-0.15, -0.1) is 0 Å². The molecule has 0 aromatic heterocycles. The predicted molar refractivity (Wildman–Crippen MR) is 76.3 cm³/mol. The fraction of sp³-hybridized carbons (Fsp3) is 0.412. The molecule has 0 radical (unpaired) electrons. The third-order valence-corrected chi connectivity index (χ3v) is 5.54. The molecule has 2 aliphatic carbocycles. The number of alkyl halides is 3. The second kappa shape index (κ2) is 4.24. The van der Waals surface area contributed by atoms with Crippen LogP contribution in [-0.2, 0) is 15.8 Å². The van der Waals surface area contributed by atoms with Crippen molar-refractivity contribution in [3.63, 3.8) is 0 Å². The van der Waals surface area contributed by atoms with Crippen LogP contribution in [0.1, 0.15) is 18.9 Å². The Morgan fingerprint density at radius 2 is 1.96 bits per heavy atom. The van der Waals surface area contributed by atoms with Crippen molar-refractivity contribution < 1.29 is 22.8 Å². The normalized spacial score (nSPS) is 35.3. The predicted octanol–water partition coefficient (Wildman–Crippen LogP) is 3.41. The number of benzene rings is 1. The van der Waals surface area contributed by atoms with E-state index in [0.717, 1.165) is 23.5 Å². The summed E-state index contributed by atoms with van der Waals surface area (Å²) in [5.41, 5.74) is -1.69. The van der Waals surface area contributed by atoms with Crippen molar-refractivity contribution in [3.05, 3.63) is 42.0 Å². The van der Waals surface area contributed by atoms with E-state index < -0.39 is 23.1 Å². The fourth-order valence-corrected chi connectivity index (χ4v) is 4.37. The van der Waals surface area contributed by atoms with Gasteiger partial charge in [0.25, 0.3) is 0 Å². The topological polar surface area (TPSA) is 37.4 Å². The molecule has 1 aromatic rings. The van der Waals surface area contributed by atoms with Gasteiger partial charge in [0.1, 0.15) is 0 Å². The first-order valence-electron chi connectivity index (χ1n) is 7.48. The Hall–Kier alpha value is -2.11. The molecule has 3 nitrogen and oxygen atoms in total. The summed E-state index contributed by atoms with van der Waals surface area (Å²) in [5.74, 6) is -1.22. The highest BCUT2D eigenvalue weighted by Gasteiger charge is 2.67. The van der Waals surface area contributed by atoms with Gasteiger partial charge in [-0.3, -0.25) is 9.59 Å². The summed E-state index contributed by atoms with van der Waals surface area (Å²) in [4.78, 5) is 26.6. The zero-order valence-electron chi connectivity index (χ0n) is 12.3. The molecular formula is C17H14F3NO2. The number of halogens is 3. The number of allylic oxidation sites excluding steroid dienone is 2. The van der Waals surface area contributed by atoms with E-state index >= 15 is 0 Å². The quantitative estimate of drug-likeness (QED) is 0.587. The Bertz CT molecular complexity index is 754. The number of hydrogen-bond donors (Lipinski definition) is 0. The van der Waals surface area contributed by atoms with Crippen molar-refractivity contribution in [2.24, 2.45) is 23.2 Å². The van der Waals surface area contributed by atoms with Crippen LogP contribution in [0.4, 0.5) is 18.9 Å². The van der Waals surface area contributed by atoms with Crippen molar-refractivity contribution in [3.8, 4) is 0 Å². The van der Waals surface area contributed by atoms with E-state index in [1.165, 1.54) is 12.1 Å². The van der Waals surface area contributed by atoms with Crippen LogP contribution in [0.3, 0.4) is 0 Å². The second-order valence-corrected chi connectivity index (χ2v) is 6.68. The van der Waals surface area contributed by atoms with Crippen LogP contribution in [0.5, 0.6) is 0 Å². The lowest BCUT2D eigenvalue weighted by atomic mass is 9.71. The number of anilines is 1. The Labute approximate surface area is 130 Å². The number of imide groups is 1. The van der Waals surface area contributed by atoms with E-state index in [0.29, 0.717) is 0 Å². The Balaban J connectivity index is 1.78. The van der Waals surface area contributed by atoms with Crippen molar-refractivity contribution in [1.29, 1.82) is 0 Å². The number of fused-ring (bicyclic) bond motifs is 5. The fourth-order valence-electron chi connectivity index (χ4n) is 4.37. The maximum Gasteiger partial charge on any atom is 0.416 e. The number of nitrogens with zero attached hydrogens (tertiary/aromatic N) is 1. The van der Waals surface area contributed by atoms with Gasteiger partial charge < -0.3 is 0 Å². The van der Waals surface area contributed by atoms with Gasteiger partial charge in [0.15, 0.2) is 0 Å². The minimum absolute atomic E-state index is 0.00449. The number of rotatable bonds is 1. The van der Waals surface area contributed by atoms with E-state index in [4.69, 9.17) is 0 Å². The SMILES string of the molecule is C[C@@]12C(=O)N(c3cccc(C(F)(F)F)c3)C(=O)[C@@H]1[C@@H]1C=C[C@@H]2C1. The molecule has 3 aliphatic rings. The van der Waals surface area contributed by atoms with Gasteiger partial charge in [-0.2, -0.15) is 13.2 Å². The molecule has 1 heterocycles. The van der Waals surface area contributed by atoms with E-state index in [1.54, 1.807) is 6.92 Å². The second-order valence-electron chi connectivity index (χ2n) is 6.68. The number of amides is 2.